The zero-order valence-corrected chi connectivity index (χ0v) is 16.9. The average Bonchev–Trinajstić information content (AvgIpc) is 3.18. The van der Waals surface area contributed by atoms with Crippen LogP contribution in [0.3, 0.4) is 0 Å². The Bertz CT molecular complexity index is 1250. The number of fused-ring (bicyclic) bond motifs is 1. The van der Waals surface area contributed by atoms with Crippen LogP contribution in [0.2, 0.25) is 0 Å². The first-order chi connectivity index (χ1) is 14.6. The Morgan fingerprint density at radius 1 is 1.10 bits per heavy atom. The largest absolute Gasteiger partial charge is 0.457 e. The van der Waals surface area contributed by atoms with Crippen LogP contribution in [0, 0.1) is 18.3 Å². The minimum absolute atomic E-state index is 0.224. The van der Waals surface area contributed by atoms with E-state index in [1.165, 1.54) is 6.08 Å². The number of nitrogens with zero attached hydrogens (tertiary/aromatic N) is 2. The fourth-order valence-corrected chi connectivity index (χ4v) is 3.73. The molecule has 146 valence electrons. The van der Waals surface area contributed by atoms with Gasteiger partial charge in [0.05, 0.1) is 21.8 Å². The number of benzene rings is 3. The van der Waals surface area contributed by atoms with E-state index in [9.17, 15) is 4.79 Å². The van der Waals surface area contributed by atoms with Crippen molar-refractivity contribution in [3.05, 3.63) is 88.9 Å². The van der Waals surface area contributed by atoms with E-state index < -0.39 is 0 Å². The van der Waals surface area contributed by atoms with E-state index in [4.69, 9.17) is 10.00 Å². The Morgan fingerprint density at radius 3 is 2.60 bits per heavy atom. The highest BCUT2D eigenvalue weighted by atomic mass is 32.1. The molecule has 0 aliphatic heterocycles. The molecule has 0 atom stereocenters. The van der Waals surface area contributed by atoms with Crippen molar-refractivity contribution in [2.24, 2.45) is 0 Å². The summed E-state index contributed by atoms with van der Waals surface area (Å²) in [6.07, 6.45) is 3.20. The predicted octanol–water partition coefficient (Wildman–Crippen LogP) is 5.92. The van der Waals surface area contributed by atoms with Crippen LogP contribution in [-0.2, 0) is 4.79 Å². The van der Waals surface area contributed by atoms with Gasteiger partial charge in [0.25, 0.3) is 0 Å². The molecule has 0 spiro atoms. The van der Waals surface area contributed by atoms with E-state index in [0.717, 1.165) is 20.8 Å². The molecular weight excluding hydrogens is 394 g/mol. The molecule has 0 aliphatic carbocycles. The van der Waals surface area contributed by atoms with Gasteiger partial charge in [-0.2, -0.15) is 5.26 Å². The van der Waals surface area contributed by atoms with E-state index in [1.807, 2.05) is 37.3 Å². The van der Waals surface area contributed by atoms with Crippen molar-refractivity contribution in [2.45, 2.75) is 6.92 Å². The summed E-state index contributed by atoms with van der Waals surface area (Å²) in [5.74, 6) is 1.07. The average molecular weight is 411 g/mol. The van der Waals surface area contributed by atoms with Crippen LogP contribution in [0.5, 0.6) is 11.5 Å². The van der Waals surface area contributed by atoms with Gasteiger partial charge in [-0.15, -0.1) is 11.3 Å². The van der Waals surface area contributed by atoms with Crippen molar-refractivity contribution in [2.75, 3.05) is 5.32 Å². The number of carbonyl (C=O) groups excluding carboxylic acids is 1. The molecule has 3 aromatic carbocycles. The van der Waals surface area contributed by atoms with Gasteiger partial charge in [-0.3, -0.25) is 4.79 Å². The topological polar surface area (TPSA) is 75.0 Å². The summed E-state index contributed by atoms with van der Waals surface area (Å²) >= 11 is 1.54. The monoisotopic (exact) mass is 411 g/mol. The number of aromatic nitrogens is 1. The lowest BCUT2D eigenvalue weighted by Gasteiger charge is -2.10. The van der Waals surface area contributed by atoms with Crippen LogP contribution >= 0.6 is 11.3 Å². The number of thiazole rings is 1. The van der Waals surface area contributed by atoms with Crippen molar-refractivity contribution >= 4 is 39.2 Å². The van der Waals surface area contributed by atoms with Gasteiger partial charge in [-0.25, -0.2) is 4.98 Å². The van der Waals surface area contributed by atoms with Crippen LogP contribution in [0.15, 0.2) is 72.8 Å². The molecule has 0 bridgehead atoms. The maximum Gasteiger partial charge on any atom is 0.248 e. The summed E-state index contributed by atoms with van der Waals surface area (Å²) in [5, 5.41) is 12.5. The zero-order chi connectivity index (χ0) is 20.9. The standard InChI is InChI=1S/C24H17N3O2S/c1-16-14-19(29-18-8-6-17(15-25)7-9-18)10-11-20(16)26-23(28)12-13-24-27-21-4-2-3-5-22(21)30-24/h2-14H,1H3,(H,26,28)/b13-12+. The number of ether oxygens (including phenoxy) is 1. The number of nitriles is 1. The third kappa shape index (κ3) is 4.54. The Hall–Kier alpha value is -3.95. The maximum absolute atomic E-state index is 12.3. The first kappa shape index (κ1) is 19.4. The molecule has 1 heterocycles. The summed E-state index contributed by atoms with van der Waals surface area (Å²) in [6.45, 7) is 1.90. The van der Waals surface area contributed by atoms with Gasteiger partial charge < -0.3 is 10.1 Å². The predicted molar refractivity (Wildman–Crippen MR) is 120 cm³/mol. The summed E-state index contributed by atoms with van der Waals surface area (Å²) in [5.41, 5.74) is 3.09. The molecule has 1 N–H and O–H groups in total. The zero-order valence-electron chi connectivity index (χ0n) is 16.1. The Balaban J connectivity index is 1.41. The lowest BCUT2D eigenvalue weighted by Crippen LogP contribution is -2.08. The Labute approximate surface area is 177 Å². The van der Waals surface area contributed by atoms with Crippen LogP contribution in [-0.4, -0.2) is 10.9 Å². The van der Waals surface area contributed by atoms with Crippen LogP contribution < -0.4 is 10.1 Å². The molecule has 0 fully saturated rings. The number of carbonyl (C=O) groups is 1. The second kappa shape index (κ2) is 8.60. The van der Waals surface area contributed by atoms with Crippen LogP contribution in [0.1, 0.15) is 16.1 Å². The Kier molecular flexibility index (Phi) is 5.55. The summed E-state index contributed by atoms with van der Waals surface area (Å²) in [6, 6.07) is 22.3. The number of hydrogen-bond acceptors (Lipinski definition) is 5. The summed E-state index contributed by atoms with van der Waals surface area (Å²) < 4.78 is 6.90. The number of rotatable bonds is 5. The van der Waals surface area contributed by atoms with Gasteiger partial charge in [-0.05, 0) is 73.2 Å². The smallest absolute Gasteiger partial charge is 0.248 e. The lowest BCUT2D eigenvalue weighted by molar-refractivity contribution is -0.111. The highest BCUT2D eigenvalue weighted by molar-refractivity contribution is 7.19. The summed E-state index contributed by atoms with van der Waals surface area (Å²) in [4.78, 5) is 16.8. The van der Waals surface area contributed by atoms with Crippen molar-refractivity contribution < 1.29 is 9.53 Å². The quantitative estimate of drug-likeness (QED) is 0.414. The molecule has 0 aliphatic rings. The number of para-hydroxylation sites is 1. The van der Waals surface area contributed by atoms with Gasteiger partial charge in [0.15, 0.2) is 0 Å². The fourth-order valence-electron chi connectivity index (χ4n) is 2.86. The van der Waals surface area contributed by atoms with Crippen molar-refractivity contribution in [3.8, 4) is 17.6 Å². The van der Waals surface area contributed by atoms with Crippen molar-refractivity contribution in [3.63, 3.8) is 0 Å². The van der Waals surface area contributed by atoms with E-state index >= 15 is 0 Å². The fraction of sp³-hybridized carbons (Fsp3) is 0.0417. The molecule has 4 aromatic rings. The van der Waals surface area contributed by atoms with Gasteiger partial charge in [0.2, 0.25) is 5.91 Å². The van der Waals surface area contributed by atoms with E-state index in [0.29, 0.717) is 22.7 Å². The molecule has 1 amide bonds. The second-order valence-corrected chi connectivity index (χ2v) is 7.62. The molecule has 0 saturated heterocycles. The molecule has 0 unspecified atom stereocenters. The highest BCUT2D eigenvalue weighted by Crippen LogP contribution is 2.27. The van der Waals surface area contributed by atoms with E-state index in [-0.39, 0.29) is 5.91 Å². The maximum atomic E-state index is 12.3. The number of aryl methyl sites for hydroxylation is 1. The van der Waals surface area contributed by atoms with Crippen molar-refractivity contribution in [1.82, 2.24) is 4.98 Å². The molecule has 0 radical (unpaired) electrons. The van der Waals surface area contributed by atoms with Gasteiger partial charge in [0.1, 0.15) is 16.5 Å². The number of nitrogens with one attached hydrogen (secondary N) is 1. The molecule has 5 nitrogen and oxygen atoms in total. The van der Waals surface area contributed by atoms with Crippen LogP contribution in [0.4, 0.5) is 5.69 Å². The third-order valence-corrected chi connectivity index (χ3v) is 5.36. The van der Waals surface area contributed by atoms with E-state index in [1.54, 1.807) is 53.8 Å². The summed E-state index contributed by atoms with van der Waals surface area (Å²) in [7, 11) is 0. The number of anilines is 1. The minimum atomic E-state index is -0.224. The number of amides is 1. The minimum Gasteiger partial charge on any atom is -0.457 e. The normalized spacial score (nSPS) is 10.8. The van der Waals surface area contributed by atoms with Gasteiger partial charge in [0, 0.05) is 11.8 Å². The first-order valence-corrected chi connectivity index (χ1v) is 10.1. The first-order valence-electron chi connectivity index (χ1n) is 9.24. The third-order valence-electron chi connectivity index (χ3n) is 4.36. The Morgan fingerprint density at radius 2 is 1.87 bits per heavy atom. The van der Waals surface area contributed by atoms with E-state index in [2.05, 4.69) is 16.4 Å². The molecule has 1 aromatic heterocycles. The van der Waals surface area contributed by atoms with Gasteiger partial charge >= 0.3 is 0 Å². The van der Waals surface area contributed by atoms with Crippen molar-refractivity contribution in [1.29, 1.82) is 5.26 Å². The SMILES string of the molecule is Cc1cc(Oc2ccc(C#N)cc2)ccc1NC(=O)/C=C/c1nc2ccccc2s1. The van der Waals surface area contributed by atoms with Gasteiger partial charge in [-0.1, -0.05) is 12.1 Å². The lowest BCUT2D eigenvalue weighted by atomic mass is 10.2. The molecular formula is C24H17N3O2S. The van der Waals surface area contributed by atoms with Crippen LogP contribution in [0.25, 0.3) is 16.3 Å². The second-order valence-electron chi connectivity index (χ2n) is 6.56. The molecule has 4 rings (SSSR count). The highest BCUT2D eigenvalue weighted by Gasteiger charge is 2.06. The molecule has 6 heteroatoms. The molecule has 0 saturated carbocycles. The molecule has 30 heavy (non-hydrogen) atoms. The number of hydrogen-bond donors (Lipinski definition) is 1.